The maximum absolute atomic E-state index is 5.39. The number of likely N-dealkylation sites (N-methyl/N-ethyl adjacent to an activating group) is 1. The van der Waals surface area contributed by atoms with Crippen LogP contribution in [0.4, 0.5) is 0 Å². The van der Waals surface area contributed by atoms with E-state index in [-0.39, 0.29) is 0 Å². The molecule has 0 radical (unpaired) electrons. The molecule has 0 saturated heterocycles. The molecule has 0 unspecified atom stereocenters. The van der Waals surface area contributed by atoms with Crippen molar-refractivity contribution in [2.24, 2.45) is 0 Å². The molecule has 2 aromatic rings. The summed E-state index contributed by atoms with van der Waals surface area (Å²) in [7, 11) is 2.22. The zero-order valence-corrected chi connectivity index (χ0v) is 13.3. The van der Waals surface area contributed by atoms with Gasteiger partial charge in [0.25, 0.3) is 0 Å². The monoisotopic (exact) mass is 302 g/mol. The summed E-state index contributed by atoms with van der Waals surface area (Å²) in [6.45, 7) is 1.89. The van der Waals surface area contributed by atoms with Crippen LogP contribution in [-0.2, 0) is 6.54 Å². The smallest absolute Gasteiger partial charge is 0.195 e. The topological polar surface area (TPSA) is 36.9 Å². The van der Waals surface area contributed by atoms with Gasteiger partial charge >= 0.3 is 0 Å². The molecule has 1 N–H and O–H groups in total. The molecule has 5 heteroatoms. The van der Waals surface area contributed by atoms with E-state index < -0.39 is 0 Å². The number of nitrogens with zero attached hydrogens (tertiary/aromatic N) is 3. The number of aromatic amines is 1. The van der Waals surface area contributed by atoms with Gasteiger partial charge in [-0.25, -0.2) is 0 Å². The molecule has 1 heterocycles. The van der Waals surface area contributed by atoms with Crippen molar-refractivity contribution in [1.82, 2.24) is 19.7 Å². The lowest BCUT2D eigenvalue weighted by Crippen LogP contribution is -2.32. The number of hydrogen-bond donors (Lipinski definition) is 1. The molecular weight excluding hydrogens is 280 g/mol. The Hall–Kier alpha value is -1.46. The molecule has 1 aromatic heterocycles. The Kier molecular flexibility index (Phi) is 4.51. The third-order valence-electron chi connectivity index (χ3n) is 4.41. The predicted molar refractivity (Wildman–Crippen MR) is 87.7 cm³/mol. The van der Waals surface area contributed by atoms with Crippen molar-refractivity contribution in [2.75, 3.05) is 13.6 Å². The zero-order chi connectivity index (χ0) is 14.7. The second kappa shape index (κ2) is 6.54. The van der Waals surface area contributed by atoms with Crippen molar-refractivity contribution in [3.05, 3.63) is 35.1 Å². The number of benzene rings is 1. The zero-order valence-electron chi connectivity index (χ0n) is 12.5. The molecule has 1 aliphatic rings. The van der Waals surface area contributed by atoms with Gasteiger partial charge in [-0.05, 0) is 32.1 Å². The largest absolute Gasteiger partial charge is 0.302 e. The van der Waals surface area contributed by atoms with E-state index in [4.69, 9.17) is 12.2 Å². The Balaban J connectivity index is 1.73. The van der Waals surface area contributed by atoms with Gasteiger partial charge in [0, 0.05) is 24.7 Å². The molecule has 1 aromatic carbocycles. The normalized spacial score (nSPS) is 15.9. The first-order valence-corrected chi connectivity index (χ1v) is 8.07. The lowest BCUT2D eigenvalue weighted by atomic mass is 10.2. The predicted octanol–water partition coefficient (Wildman–Crippen LogP) is 3.48. The van der Waals surface area contributed by atoms with E-state index in [2.05, 4.69) is 38.8 Å². The van der Waals surface area contributed by atoms with E-state index >= 15 is 0 Å². The molecule has 1 fully saturated rings. The van der Waals surface area contributed by atoms with Crippen molar-refractivity contribution in [2.45, 2.75) is 38.3 Å². The maximum atomic E-state index is 5.39. The summed E-state index contributed by atoms with van der Waals surface area (Å²) in [6, 6.07) is 11.0. The van der Waals surface area contributed by atoms with Crippen LogP contribution in [0.15, 0.2) is 30.3 Å². The van der Waals surface area contributed by atoms with E-state index in [9.17, 15) is 0 Å². The summed E-state index contributed by atoms with van der Waals surface area (Å²) < 4.78 is 2.81. The lowest BCUT2D eigenvalue weighted by molar-refractivity contribution is 0.236. The van der Waals surface area contributed by atoms with Gasteiger partial charge in [0.15, 0.2) is 10.6 Å². The quantitative estimate of drug-likeness (QED) is 0.859. The van der Waals surface area contributed by atoms with E-state index in [1.807, 2.05) is 18.2 Å². The average Bonchev–Trinajstić information content (AvgIpc) is 3.16. The number of rotatable bonds is 5. The van der Waals surface area contributed by atoms with Crippen LogP contribution in [-0.4, -0.2) is 39.3 Å². The van der Waals surface area contributed by atoms with Gasteiger partial charge < -0.3 is 4.90 Å². The highest BCUT2D eigenvalue weighted by Gasteiger charge is 2.19. The van der Waals surface area contributed by atoms with Crippen molar-refractivity contribution in [3.63, 3.8) is 0 Å². The van der Waals surface area contributed by atoms with E-state index in [0.717, 1.165) is 30.5 Å². The first-order chi connectivity index (χ1) is 10.3. The summed E-state index contributed by atoms with van der Waals surface area (Å²) in [5, 5.41) is 7.31. The van der Waals surface area contributed by atoms with Crippen LogP contribution in [0.1, 0.15) is 25.7 Å². The average molecular weight is 302 g/mol. The van der Waals surface area contributed by atoms with E-state index in [1.165, 1.54) is 25.7 Å². The fraction of sp³-hybridized carbons (Fsp3) is 0.500. The minimum Gasteiger partial charge on any atom is -0.302 e. The second-order valence-corrected chi connectivity index (χ2v) is 6.18. The molecule has 3 rings (SSSR count). The molecular formula is C16H22N4S. The van der Waals surface area contributed by atoms with Crippen molar-refractivity contribution >= 4 is 12.2 Å². The van der Waals surface area contributed by atoms with Crippen LogP contribution in [0, 0.1) is 4.77 Å². The van der Waals surface area contributed by atoms with Gasteiger partial charge in [-0.15, -0.1) is 0 Å². The molecule has 0 spiro atoms. The summed E-state index contributed by atoms with van der Waals surface area (Å²) in [6.07, 6.45) is 5.41. The Labute approximate surface area is 130 Å². The molecule has 0 amide bonds. The summed E-state index contributed by atoms with van der Waals surface area (Å²) in [5.74, 6) is 0.931. The van der Waals surface area contributed by atoms with Gasteiger partial charge in [0.2, 0.25) is 0 Å². The third-order valence-corrected chi connectivity index (χ3v) is 4.73. The van der Waals surface area contributed by atoms with Crippen molar-refractivity contribution in [3.8, 4) is 11.4 Å². The van der Waals surface area contributed by atoms with Crippen LogP contribution in [0.3, 0.4) is 0 Å². The maximum Gasteiger partial charge on any atom is 0.195 e. The minimum absolute atomic E-state index is 0.702. The number of hydrogen-bond acceptors (Lipinski definition) is 3. The van der Waals surface area contributed by atoms with Crippen LogP contribution < -0.4 is 0 Å². The Bertz CT molecular complexity index is 625. The third kappa shape index (κ3) is 3.24. The van der Waals surface area contributed by atoms with Crippen LogP contribution in [0.25, 0.3) is 11.4 Å². The van der Waals surface area contributed by atoms with Gasteiger partial charge in [-0.1, -0.05) is 43.2 Å². The summed E-state index contributed by atoms with van der Waals surface area (Å²) in [4.78, 5) is 2.47. The molecule has 0 bridgehead atoms. The molecule has 4 nitrogen and oxygen atoms in total. The van der Waals surface area contributed by atoms with Crippen LogP contribution in [0.2, 0.25) is 0 Å². The van der Waals surface area contributed by atoms with Crippen molar-refractivity contribution < 1.29 is 0 Å². The van der Waals surface area contributed by atoms with Crippen LogP contribution in [0.5, 0.6) is 0 Å². The van der Waals surface area contributed by atoms with E-state index in [1.54, 1.807) is 0 Å². The molecule has 0 aliphatic heterocycles. The van der Waals surface area contributed by atoms with Crippen LogP contribution >= 0.6 is 12.2 Å². The Morgan fingerprint density at radius 3 is 2.71 bits per heavy atom. The molecule has 21 heavy (non-hydrogen) atoms. The highest BCUT2D eigenvalue weighted by atomic mass is 32.1. The summed E-state index contributed by atoms with van der Waals surface area (Å²) in [5.41, 5.74) is 1.10. The Morgan fingerprint density at radius 1 is 1.29 bits per heavy atom. The standard InChI is InChI=1S/C16H22N4S/c1-19(14-9-5-6-10-14)11-12-20-15(17-18-16(20)21)13-7-3-2-4-8-13/h2-4,7-8,14H,5-6,9-12H2,1H3,(H,18,21). The van der Waals surface area contributed by atoms with E-state index in [0.29, 0.717) is 4.77 Å². The second-order valence-electron chi connectivity index (χ2n) is 5.79. The van der Waals surface area contributed by atoms with Gasteiger partial charge in [-0.3, -0.25) is 9.67 Å². The Morgan fingerprint density at radius 2 is 2.00 bits per heavy atom. The first kappa shape index (κ1) is 14.5. The van der Waals surface area contributed by atoms with Gasteiger partial charge in [-0.2, -0.15) is 5.10 Å². The summed E-state index contributed by atoms with van der Waals surface area (Å²) >= 11 is 5.39. The number of aromatic nitrogens is 3. The first-order valence-electron chi connectivity index (χ1n) is 7.66. The number of nitrogens with one attached hydrogen (secondary N) is 1. The highest BCUT2D eigenvalue weighted by Crippen LogP contribution is 2.22. The fourth-order valence-corrected chi connectivity index (χ4v) is 3.34. The molecule has 0 atom stereocenters. The lowest BCUT2D eigenvalue weighted by Gasteiger charge is -2.24. The van der Waals surface area contributed by atoms with Gasteiger partial charge in [0.05, 0.1) is 0 Å². The molecule has 1 saturated carbocycles. The fourth-order valence-electron chi connectivity index (χ4n) is 3.12. The SMILES string of the molecule is CN(CCn1c(-c2ccccc2)n[nH]c1=S)C1CCCC1. The highest BCUT2D eigenvalue weighted by molar-refractivity contribution is 7.71. The van der Waals surface area contributed by atoms with Gasteiger partial charge in [0.1, 0.15) is 0 Å². The number of H-pyrrole nitrogens is 1. The van der Waals surface area contributed by atoms with Crippen molar-refractivity contribution in [1.29, 1.82) is 0 Å². The minimum atomic E-state index is 0.702. The molecule has 112 valence electrons. The molecule has 1 aliphatic carbocycles.